The zero-order valence-electron chi connectivity index (χ0n) is 8.82. The Hall–Kier alpha value is -1.84. The lowest BCUT2D eigenvalue weighted by molar-refractivity contribution is 0.0697. The molecule has 0 saturated heterocycles. The number of anilines is 1. The van der Waals surface area contributed by atoms with E-state index in [4.69, 9.17) is 5.11 Å². The highest BCUT2D eigenvalue weighted by atomic mass is 16.4. The van der Waals surface area contributed by atoms with Crippen LogP contribution in [0.1, 0.15) is 23.0 Å². The number of aryl methyl sites for hydroxylation is 1. The van der Waals surface area contributed by atoms with Gasteiger partial charge in [0.2, 0.25) is 0 Å². The van der Waals surface area contributed by atoms with Gasteiger partial charge in [0.15, 0.2) is 0 Å². The maximum atomic E-state index is 10.9. The molecule has 4 heteroatoms. The molecule has 1 aromatic rings. The molecule has 0 aliphatic heterocycles. The fourth-order valence-corrected chi connectivity index (χ4v) is 1.11. The third-order valence-corrected chi connectivity index (χ3v) is 1.98. The van der Waals surface area contributed by atoms with E-state index in [9.17, 15) is 4.79 Å². The first-order valence-corrected chi connectivity index (χ1v) is 4.64. The molecule has 0 spiro atoms. The summed E-state index contributed by atoms with van der Waals surface area (Å²) in [5.74, 6) is -0.601. The smallest absolute Gasteiger partial charge is 0.339 e. The summed E-state index contributed by atoms with van der Waals surface area (Å²) in [4.78, 5) is 15.0. The number of aromatic carboxylic acids is 1. The molecule has 0 aliphatic rings. The van der Waals surface area contributed by atoms with Gasteiger partial charge in [-0.1, -0.05) is 6.08 Å². The molecule has 80 valence electrons. The Morgan fingerprint density at radius 1 is 1.67 bits per heavy atom. The van der Waals surface area contributed by atoms with Crippen LogP contribution in [0.15, 0.2) is 24.8 Å². The highest BCUT2D eigenvalue weighted by Gasteiger charge is 2.12. The number of carboxylic acid groups (broad SMARTS) is 1. The first-order chi connectivity index (χ1) is 7.04. The van der Waals surface area contributed by atoms with Crippen molar-refractivity contribution in [2.24, 2.45) is 0 Å². The summed E-state index contributed by atoms with van der Waals surface area (Å²) in [5.41, 5.74) is 0.952. The van der Waals surface area contributed by atoms with E-state index in [1.54, 1.807) is 18.2 Å². The predicted octanol–water partition coefficient (Wildman–Crippen LogP) is 2.07. The second-order valence-electron chi connectivity index (χ2n) is 3.32. The average molecular weight is 206 g/mol. The van der Waals surface area contributed by atoms with E-state index in [1.807, 2.05) is 13.8 Å². The number of pyridine rings is 1. The zero-order valence-corrected chi connectivity index (χ0v) is 8.82. The molecular formula is C11H14N2O2. The van der Waals surface area contributed by atoms with Crippen LogP contribution in [0.5, 0.6) is 0 Å². The molecule has 0 saturated carbocycles. The summed E-state index contributed by atoms with van der Waals surface area (Å²) in [5, 5.41) is 11.9. The van der Waals surface area contributed by atoms with Crippen molar-refractivity contribution in [1.82, 2.24) is 4.98 Å². The van der Waals surface area contributed by atoms with E-state index >= 15 is 0 Å². The number of nitrogens with one attached hydrogen (secondary N) is 1. The number of aromatic nitrogens is 1. The van der Waals surface area contributed by atoms with Gasteiger partial charge >= 0.3 is 5.97 Å². The van der Waals surface area contributed by atoms with Gasteiger partial charge in [-0.2, -0.15) is 0 Å². The summed E-state index contributed by atoms with van der Waals surface area (Å²) in [6, 6.07) is 3.20. The van der Waals surface area contributed by atoms with Crippen molar-refractivity contribution in [3.63, 3.8) is 0 Å². The lowest BCUT2D eigenvalue weighted by Crippen LogP contribution is -2.16. The van der Waals surface area contributed by atoms with Gasteiger partial charge in [-0.25, -0.2) is 9.78 Å². The molecule has 4 nitrogen and oxygen atoms in total. The average Bonchev–Trinajstić information content (AvgIpc) is 2.17. The van der Waals surface area contributed by atoms with Crippen molar-refractivity contribution in [1.29, 1.82) is 0 Å². The van der Waals surface area contributed by atoms with Gasteiger partial charge in [-0.05, 0) is 26.0 Å². The molecule has 0 aliphatic carbocycles. The maximum Gasteiger partial charge on any atom is 0.339 e. The zero-order chi connectivity index (χ0) is 11.4. The van der Waals surface area contributed by atoms with Gasteiger partial charge in [0, 0.05) is 11.7 Å². The molecule has 0 amide bonds. The third-order valence-electron chi connectivity index (χ3n) is 1.98. The summed E-state index contributed by atoms with van der Waals surface area (Å²) in [6.07, 6.45) is 1.69. The topological polar surface area (TPSA) is 62.2 Å². The van der Waals surface area contributed by atoms with Crippen molar-refractivity contribution in [3.8, 4) is 0 Å². The van der Waals surface area contributed by atoms with E-state index in [1.165, 1.54) is 0 Å². The van der Waals surface area contributed by atoms with Crippen molar-refractivity contribution in [3.05, 3.63) is 36.0 Å². The SMILES string of the molecule is C=CC(C)Nc1nc(C)ccc1C(=O)O. The Bertz CT molecular complexity index is 388. The van der Waals surface area contributed by atoms with Gasteiger partial charge in [0.25, 0.3) is 0 Å². The minimum Gasteiger partial charge on any atom is -0.478 e. The Morgan fingerprint density at radius 2 is 2.33 bits per heavy atom. The van der Waals surface area contributed by atoms with Crippen LogP contribution in [0, 0.1) is 6.92 Å². The maximum absolute atomic E-state index is 10.9. The van der Waals surface area contributed by atoms with Crippen molar-refractivity contribution < 1.29 is 9.90 Å². The van der Waals surface area contributed by atoms with Crippen LogP contribution in [0.4, 0.5) is 5.82 Å². The molecule has 15 heavy (non-hydrogen) atoms. The second kappa shape index (κ2) is 4.59. The number of carboxylic acids is 1. The quantitative estimate of drug-likeness (QED) is 0.740. The molecule has 0 aromatic carbocycles. The van der Waals surface area contributed by atoms with Crippen LogP contribution < -0.4 is 5.32 Å². The first kappa shape index (κ1) is 11.2. The van der Waals surface area contributed by atoms with Crippen LogP contribution in [0.25, 0.3) is 0 Å². The minimum absolute atomic E-state index is 0.0163. The molecular weight excluding hydrogens is 192 g/mol. The number of rotatable bonds is 4. The molecule has 1 atom stereocenters. The summed E-state index contributed by atoms with van der Waals surface area (Å²) in [7, 11) is 0. The summed E-state index contributed by atoms with van der Waals surface area (Å²) >= 11 is 0. The predicted molar refractivity (Wildman–Crippen MR) is 59.2 cm³/mol. The number of nitrogens with zero attached hydrogens (tertiary/aromatic N) is 1. The summed E-state index contributed by atoms with van der Waals surface area (Å²) < 4.78 is 0. The molecule has 0 bridgehead atoms. The normalized spacial score (nSPS) is 11.9. The van der Waals surface area contributed by atoms with Crippen molar-refractivity contribution >= 4 is 11.8 Å². The number of hydrogen-bond donors (Lipinski definition) is 2. The third kappa shape index (κ3) is 2.80. The fraction of sp³-hybridized carbons (Fsp3) is 0.273. The van der Waals surface area contributed by atoms with E-state index in [0.717, 1.165) is 5.69 Å². The first-order valence-electron chi connectivity index (χ1n) is 4.64. The van der Waals surface area contributed by atoms with Crippen LogP contribution in [0.2, 0.25) is 0 Å². The molecule has 0 fully saturated rings. The molecule has 1 heterocycles. The standard InChI is InChI=1S/C11H14N2O2/c1-4-7(2)12-10-9(11(14)15)6-5-8(3)13-10/h4-7H,1H2,2-3H3,(H,12,13)(H,14,15). The Balaban J connectivity index is 3.07. The van der Waals surface area contributed by atoms with Crippen LogP contribution in [-0.4, -0.2) is 22.1 Å². The number of carbonyl (C=O) groups is 1. The van der Waals surface area contributed by atoms with Gasteiger partial charge in [0.05, 0.1) is 0 Å². The largest absolute Gasteiger partial charge is 0.478 e. The van der Waals surface area contributed by atoms with Crippen molar-refractivity contribution in [2.75, 3.05) is 5.32 Å². The van der Waals surface area contributed by atoms with E-state index < -0.39 is 5.97 Å². The molecule has 1 unspecified atom stereocenters. The second-order valence-corrected chi connectivity index (χ2v) is 3.32. The highest BCUT2D eigenvalue weighted by Crippen LogP contribution is 2.14. The Morgan fingerprint density at radius 3 is 2.87 bits per heavy atom. The molecule has 0 radical (unpaired) electrons. The van der Waals surface area contributed by atoms with E-state index in [-0.39, 0.29) is 11.6 Å². The Labute approximate surface area is 88.7 Å². The number of hydrogen-bond acceptors (Lipinski definition) is 3. The van der Waals surface area contributed by atoms with Gasteiger partial charge in [-0.15, -0.1) is 6.58 Å². The van der Waals surface area contributed by atoms with Gasteiger partial charge in [0.1, 0.15) is 11.4 Å². The molecule has 1 aromatic heterocycles. The monoisotopic (exact) mass is 206 g/mol. The molecule has 2 N–H and O–H groups in total. The lowest BCUT2D eigenvalue weighted by Gasteiger charge is -2.12. The highest BCUT2D eigenvalue weighted by molar-refractivity contribution is 5.93. The van der Waals surface area contributed by atoms with Crippen LogP contribution >= 0.6 is 0 Å². The van der Waals surface area contributed by atoms with Gasteiger partial charge < -0.3 is 10.4 Å². The van der Waals surface area contributed by atoms with Crippen LogP contribution in [-0.2, 0) is 0 Å². The fourth-order valence-electron chi connectivity index (χ4n) is 1.11. The van der Waals surface area contributed by atoms with E-state index in [0.29, 0.717) is 5.82 Å². The summed E-state index contributed by atoms with van der Waals surface area (Å²) in [6.45, 7) is 7.31. The van der Waals surface area contributed by atoms with Gasteiger partial charge in [-0.3, -0.25) is 0 Å². The van der Waals surface area contributed by atoms with Crippen LogP contribution in [0.3, 0.4) is 0 Å². The van der Waals surface area contributed by atoms with Crippen molar-refractivity contribution in [2.45, 2.75) is 19.9 Å². The lowest BCUT2D eigenvalue weighted by atomic mass is 10.2. The molecule has 1 rings (SSSR count). The minimum atomic E-state index is -0.985. The van der Waals surface area contributed by atoms with E-state index in [2.05, 4.69) is 16.9 Å². The Kier molecular flexibility index (Phi) is 3.44.